The lowest BCUT2D eigenvalue weighted by Crippen LogP contribution is -2.34. The molecule has 0 bridgehead atoms. The largest absolute Gasteiger partial charge is 0.337 e. The minimum atomic E-state index is 0. The molecule has 1 aromatic carbocycles. The van der Waals surface area contributed by atoms with Crippen molar-refractivity contribution >= 4 is 41.6 Å². The highest BCUT2D eigenvalue weighted by Crippen LogP contribution is 2.19. The van der Waals surface area contributed by atoms with E-state index in [0.717, 1.165) is 54.8 Å². The van der Waals surface area contributed by atoms with Gasteiger partial charge in [-0.15, -0.1) is 24.8 Å². The highest BCUT2D eigenvalue weighted by Gasteiger charge is 2.19. The third-order valence-corrected chi connectivity index (χ3v) is 4.02. The second kappa shape index (κ2) is 8.48. The van der Waals surface area contributed by atoms with Crippen molar-refractivity contribution in [2.24, 2.45) is 0 Å². The third kappa shape index (κ3) is 4.34. The van der Waals surface area contributed by atoms with Gasteiger partial charge in [0.2, 0.25) is 0 Å². The smallest absolute Gasteiger partial charge is 0.255 e. The quantitative estimate of drug-likeness (QED) is 0.854. The van der Waals surface area contributed by atoms with E-state index in [9.17, 15) is 4.79 Å². The molecule has 3 rings (SSSR count). The number of amides is 1. The zero-order valence-electron chi connectivity index (χ0n) is 13.5. The fourth-order valence-electron chi connectivity index (χ4n) is 2.83. The molecule has 1 amide bonds. The lowest BCUT2D eigenvalue weighted by atomic mass is 10.1. The number of hydrogen-bond donors (Lipinski definition) is 1. The number of carbonyl (C=O) groups is 1. The van der Waals surface area contributed by atoms with Gasteiger partial charge in [-0.2, -0.15) is 0 Å². The minimum Gasteiger partial charge on any atom is -0.337 e. The zero-order chi connectivity index (χ0) is 14.8. The molecule has 6 heteroatoms. The number of halogens is 2. The van der Waals surface area contributed by atoms with Crippen molar-refractivity contribution in [2.75, 3.05) is 26.2 Å². The number of fused-ring (bicyclic) bond motifs is 1. The summed E-state index contributed by atoms with van der Waals surface area (Å²) in [5, 5.41) is 4.36. The van der Waals surface area contributed by atoms with E-state index in [4.69, 9.17) is 0 Å². The van der Waals surface area contributed by atoms with Gasteiger partial charge >= 0.3 is 0 Å². The van der Waals surface area contributed by atoms with Crippen LogP contribution in [0.4, 0.5) is 0 Å². The summed E-state index contributed by atoms with van der Waals surface area (Å²) in [4.78, 5) is 19.3. The van der Waals surface area contributed by atoms with Crippen LogP contribution in [0.15, 0.2) is 24.3 Å². The molecular weight excluding hydrogens is 333 g/mol. The lowest BCUT2D eigenvalue weighted by molar-refractivity contribution is 0.0765. The molecule has 0 aliphatic carbocycles. The van der Waals surface area contributed by atoms with Gasteiger partial charge in [-0.1, -0.05) is 11.6 Å². The molecule has 0 unspecified atom stereocenters. The summed E-state index contributed by atoms with van der Waals surface area (Å²) in [6.07, 6.45) is 1.00. The lowest BCUT2D eigenvalue weighted by Gasteiger charge is -2.21. The number of nitrogens with zero attached hydrogens (tertiary/aromatic N) is 2. The Morgan fingerprint density at radius 2 is 1.91 bits per heavy atom. The standard InChI is InChI=1S/C17H21N3O.2ClH/c1-12-4-5-16-14(10-12)11-15(13(2)19-16)17(21)20-8-3-6-18-7-9-20;;/h4-5,10-11,18H,3,6-9H2,1-2H3;2*1H. The second-order valence-electron chi connectivity index (χ2n) is 5.71. The van der Waals surface area contributed by atoms with Crippen LogP contribution in [-0.4, -0.2) is 42.0 Å². The number of aromatic nitrogens is 1. The van der Waals surface area contributed by atoms with Crippen LogP contribution < -0.4 is 5.32 Å². The Morgan fingerprint density at radius 1 is 1.13 bits per heavy atom. The summed E-state index contributed by atoms with van der Waals surface area (Å²) in [5.74, 6) is 0.104. The number of carbonyl (C=O) groups excluding carboxylic acids is 1. The van der Waals surface area contributed by atoms with Gasteiger partial charge in [0.1, 0.15) is 0 Å². The van der Waals surface area contributed by atoms with E-state index in [1.54, 1.807) is 0 Å². The molecule has 23 heavy (non-hydrogen) atoms. The molecule has 0 spiro atoms. The summed E-state index contributed by atoms with van der Waals surface area (Å²) >= 11 is 0. The van der Waals surface area contributed by atoms with E-state index < -0.39 is 0 Å². The zero-order valence-corrected chi connectivity index (χ0v) is 15.1. The number of pyridine rings is 1. The fraction of sp³-hybridized carbons (Fsp3) is 0.412. The fourth-order valence-corrected chi connectivity index (χ4v) is 2.83. The first-order valence-corrected chi connectivity index (χ1v) is 7.53. The Morgan fingerprint density at radius 3 is 2.70 bits per heavy atom. The van der Waals surface area contributed by atoms with E-state index in [1.807, 2.05) is 24.0 Å². The van der Waals surface area contributed by atoms with E-state index in [-0.39, 0.29) is 30.7 Å². The monoisotopic (exact) mass is 355 g/mol. The van der Waals surface area contributed by atoms with Crippen molar-refractivity contribution in [3.05, 3.63) is 41.1 Å². The predicted octanol–water partition coefficient (Wildman–Crippen LogP) is 3.13. The van der Waals surface area contributed by atoms with Gasteiger partial charge in [0.05, 0.1) is 16.8 Å². The van der Waals surface area contributed by atoms with E-state index in [2.05, 4.69) is 29.4 Å². The second-order valence-corrected chi connectivity index (χ2v) is 5.71. The van der Waals surface area contributed by atoms with Crippen LogP contribution in [0.5, 0.6) is 0 Å². The number of aryl methyl sites for hydroxylation is 2. The molecule has 0 radical (unpaired) electrons. The molecule has 0 saturated carbocycles. The first kappa shape index (κ1) is 19.7. The van der Waals surface area contributed by atoms with Gasteiger partial charge in [-0.25, -0.2) is 0 Å². The van der Waals surface area contributed by atoms with Crippen molar-refractivity contribution in [1.29, 1.82) is 0 Å². The van der Waals surface area contributed by atoms with Crippen LogP contribution >= 0.6 is 24.8 Å². The van der Waals surface area contributed by atoms with Crippen molar-refractivity contribution in [1.82, 2.24) is 15.2 Å². The molecule has 1 aromatic heterocycles. The highest BCUT2D eigenvalue weighted by atomic mass is 35.5. The van der Waals surface area contributed by atoms with Crippen LogP contribution in [0.2, 0.25) is 0 Å². The van der Waals surface area contributed by atoms with Crippen LogP contribution in [0, 0.1) is 13.8 Å². The predicted molar refractivity (Wildman–Crippen MR) is 99.1 cm³/mol. The van der Waals surface area contributed by atoms with E-state index >= 15 is 0 Å². The number of benzene rings is 1. The maximum absolute atomic E-state index is 12.8. The van der Waals surface area contributed by atoms with Gasteiger partial charge < -0.3 is 10.2 Å². The summed E-state index contributed by atoms with van der Waals surface area (Å²) in [7, 11) is 0. The van der Waals surface area contributed by atoms with Gasteiger partial charge in [-0.05, 0) is 45.0 Å². The van der Waals surface area contributed by atoms with E-state index in [1.165, 1.54) is 5.56 Å². The molecule has 1 N–H and O–H groups in total. The Kier molecular flexibility index (Phi) is 7.26. The van der Waals surface area contributed by atoms with Gasteiger partial charge in [0.25, 0.3) is 5.91 Å². The number of hydrogen-bond acceptors (Lipinski definition) is 3. The third-order valence-electron chi connectivity index (χ3n) is 4.02. The maximum atomic E-state index is 12.8. The number of nitrogens with one attached hydrogen (secondary N) is 1. The highest BCUT2D eigenvalue weighted by molar-refractivity contribution is 5.98. The average molecular weight is 356 g/mol. The van der Waals surface area contributed by atoms with Crippen LogP contribution in [0.25, 0.3) is 10.9 Å². The molecule has 1 saturated heterocycles. The Bertz CT molecular complexity index is 683. The molecule has 1 aliphatic rings. The molecule has 2 aromatic rings. The topological polar surface area (TPSA) is 45.2 Å². The minimum absolute atomic E-state index is 0. The van der Waals surface area contributed by atoms with Crippen molar-refractivity contribution in [3.8, 4) is 0 Å². The maximum Gasteiger partial charge on any atom is 0.255 e. The van der Waals surface area contributed by atoms with Crippen LogP contribution in [-0.2, 0) is 0 Å². The first-order chi connectivity index (χ1) is 10.1. The van der Waals surface area contributed by atoms with Crippen molar-refractivity contribution in [2.45, 2.75) is 20.3 Å². The normalized spacial score (nSPS) is 14.6. The van der Waals surface area contributed by atoms with Gasteiger partial charge in [0.15, 0.2) is 0 Å². The average Bonchev–Trinajstić information content (AvgIpc) is 2.75. The first-order valence-electron chi connectivity index (χ1n) is 7.53. The summed E-state index contributed by atoms with van der Waals surface area (Å²) in [6.45, 7) is 7.41. The van der Waals surface area contributed by atoms with E-state index in [0.29, 0.717) is 0 Å². The summed E-state index contributed by atoms with van der Waals surface area (Å²) < 4.78 is 0. The van der Waals surface area contributed by atoms with Crippen LogP contribution in [0.3, 0.4) is 0 Å². The van der Waals surface area contributed by atoms with Gasteiger partial charge in [0, 0.05) is 25.0 Å². The molecule has 4 nitrogen and oxygen atoms in total. The molecular formula is C17H23Cl2N3O. The van der Waals surface area contributed by atoms with Crippen LogP contribution in [0.1, 0.15) is 28.0 Å². The number of rotatable bonds is 1. The summed E-state index contributed by atoms with van der Waals surface area (Å²) in [5.41, 5.74) is 3.68. The molecule has 126 valence electrons. The molecule has 1 fully saturated rings. The SMILES string of the molecule is Cc1ccc2nc(C)c(C(=O)N3CCCNCC3)cc2c1.Cl.Cl. The summed E-state index contributed by atoms with van der Waals surface area (Å²) in [6, 6.07) is 8.15. The Hall–Kier alpha value is -1.36. The van der Waals surface area contributed by atoms with Gasteiger partial charge in [-0.3, -0.25) is 9.78 Å². The van der Waals surface area contributed by atoms with Crippen molar-refractivity contribution < 1.29 is 4.79 Å². The molecule has 2 heterocycles. The Labute approximate surface area is 149 Å². The Balaban J connectivity index is 0.00000132. The van der Waals surface area contributed by atoms with Crippen molar-refractivity contribution in [3.63, 3.8) is 0 Å². The molecule has 0 atom stereocenters. The molecule has 1 aliphatic heterocycles.